The number of aliphatic hydroxyl groups excluding tert-OH is 2. The predicted molar refractivity (Wildman–Crippen MR) is 97.0 cm³/mol. The van der Waals surface area contributed by atoms with Crippen LogP contribution in [0.2, 0.25) is 0 Å². The lowest BCUT2D eigenvalue weighted by molar-refractivity contribution is -0.107. The van der Waals surface area contributed by atoms with Gasteiger partial charge in [-0.25, -0.2) is 0 Å². The van der Waals surface area contributed by atoms with Gasteiger partial charge in [-0.1, -0.05) is 24.3 Å². The van der Waals surface area contributed by atoms with E-state index in [2.05, 4.69) is 26.0 Å². The van der Waals surface area contributed by atoms with Crippen LogP contribution in [0.3, 0.4) is 0 Å². The van der Waals surface area contributed by atoms with Crippen LogP contribution in [-0.4, -0.2) is 29.5 Å². The maximum atomic E-state index is 11.0. The molecule has 3 rings (SSSR count). The Balaban J connectivity index is 2.06. The summed E-state index contributed by atoms with van der Waals surface area (Å²) in [7, 11) is 0. The molecule has 134 valence electrons. The molecule has 1 aliphatic rings. The van der Waals surface area contributed by atoms with E-state index in [-0.39, 0.29) is 13.2 Å². The van der Waals surface area contributed by atoms with Crippen LogP contribution in [0.4, 0.5) is 0 Å². The van der Waals surface area contributed by atoms with Gasteiger partial charge in [0.15, 0.2) is 6.10 Å². The van der Waals surface area contributed by atoms with Crippen molar-refractivity contribution in [2.45, 2.75) is 46.0 Å². The fourth-order valence-electron chi connectivity index (χ4n) is 3.51. The Morgan fingerprint density at radius 2 is 1.76 bits per heavy atom. The molecule has 3 atom stereocenters. The van der Waals surface area contributed by atoms with Crippen LogP contribution in [0.25, 0.3) is 0 Å². The fourth-order valence-corrected chi connectivity index (χ4v) is 3.51. The van der Waals surface area contributed by atoms with Crippen LogP contribution in [0.1, 0.15) is 45.6 Å². The largest absolute Gasteiger partial charge is 0.482 e. The smallest absolute Gasteiger partial charge is 0.152 e. The van der Waals surface area contributed by atoms with Crippen molar-refractivity contribution in [2.75, 3.05) is 13.2 Å². The number of benzene rings is 2. The van der Waals surface area contributed by atoms with E-state index >= 15 is 0 Å². The molecule has 0 saturated carbocycles. The minimum atomic E-state index is -0.845. The Labute approximate surface area is 149 Å². The summed E-state index contributed by atoms with van der Waals surface area (Å²) in [5, 5.41) is 20.1. The molecule has 0 amide bonds. The van der Waals surface area contributed by atoms with Crippen LogP contribution in [-0.2, 0) is 4.74 Å². The van der Waals surface area contributed by atoms with E-state index in [1.807, 2.05) is 32.0 Å². The average molecular weight is 342 g/mol. The van der Waals surface area contributed by atoms with Crippen LogP contribution in [0, 0.1) is 27.7 Å². The summed E-state index contributed by atoms with van der Waals surface area (Å²) in [6.45, 7) is 8.22. The quantitative estimate of drug-likeness (QED) is 0.893. The van der Waals surface area contributed by atoms with Gasteiger partial charge in [-0.3, -0.25) is 0 Å². The highest BCUT2D eigenvalue weighted by molar-refractivity contribution is 5.48. The van der Waals surface area contributed by atoms with Crippen LogP contribution >= 0.6 is 0 Å². The summed E-state index contributed by atoms with van der Waals surface area (Å²) in [4.78, 5) is 0. The van der Waals surface area contributed by atoms with Crippen LogP contribution in [0.5, 0.6) is 5.75 Å². The molecule has 0 saturated heterocycles. The summed E-state index contributed by atoms with van der Waals surface area (Å²) in [5.41, 5.74) is 6.29. The number of hydrogen-bond donors (Lipinski definition) is 2. The van der Waals surface area contributed by atoms with E-state index < -0.39 is 18.3 Å². The lowest BCUT2D eigenvalue weighted by Gasteiger charge is -2.38. The van der Waals surface area contributed by atoms with E-state index in [0.717, 1.165) is 33.6 Å². The van der Waals surface area contributed by atoms with E-state index in [4.69, 9.17) is 14.6 Å². The Bertz CT molecular complexity index is 769. The number of hydrogen-bond acceptors (Lipinski definition) is 4. The van der Waals surface area contributed by atoms with Crippen LogP contribution in [0.15, 0.2) is 30.3 Å². The maximum absolute atomic E-state index is 11.0. The molecular weight excluding hydrogens is 316 g/mol. The monoisotopic (exact) mass is 342 g/mol. The zero-order valence-corrected chi connectivity index (χ0v) is 15.2. The lowest BCUT2D eigenvalue weighted by atomic mass is 9.88. The minimum Gasteiger partial charge on any atom is -0.482 e. The molecule has 25 heavy (non-hydrogen) atoms. The van der Waals surface area contributed by atoms with Gasteiger partial charge in [0, 0.05) is 5.56 Å². The maximum Gasteiger partial charge on any atom is 0.152 e. The molecule has 0 aliphatic carbocycles. The second kappa shape index (κ2) is 7.16. The summed E-state index contributed by atoms with van der Waals surface area (Å²) in [6, 6.07) is 10.1. The standard InChI is InChI=1S/C21H26O4/c1-12-9-15(4)18-17(10-12)25-20(19(23)21(18)24-8-7-22)16-6-5-13(2)14(3)11-16/h5-6,9-11,19-23H,7-8H2,1-4H3/t19-,20-,21?/m1/s1. The van der Waals surface area contributed by atoms with E-state index in [1.165, 1.54) is 5.56 Å². The zero-order chi connectivity index (χ0) is 18.1. The van der Waals surface area contributed by atoms with Crippen molar-refractivity contribution >= 4 is 0 Å². The molecule has 2 N–H and O–H groups in total. The number of aliphatic hydroxyl groups is 2. The molecule has 0 bridgehead atoms. The topological polar surface area (TPSA) is 58.9 Å². The van der Waals surface area contributed by atoms with Gasteiger partial charge >= 0.3 is 0 Å². The van der Waals surface area contributed by atoms with Gasteiger partial charge in [-0.15, -0.1) is 0 Å². The summed E-state index contributed by atoms with van der Waals surface area (Å²) >= 11 is 0. The number of ether oxygens (including phenoxy) is 2. The third kappa shape index (κ3) is 3.43. The van der Waals surface area contributed by atoms with Crippen molar-refractivity contribution in [3.63, 3.8) is 0 Å². The number of fused-ring (bicyclic) bond motifs is 1. The van der Waals surface area contributed by atoms with Crippen molar-refractivity contribution < 1.29 is 19.7 Å². The van der Waals surface area contributed by atoms with Crippen molar-refractivity contribution in [3.8, 4) is 5.75 Å². The summed E-state index contributed by atoms with van der Waals surface area (Å²) in [6.07, 6.45) is -1.87. The van der Waals surface area contributed by atoms with Crippen LogP contribution < -0.4 is 4.74 Å². The highest BCUT2D eigenvalue weighted by Crippen LogP contribution is 2.45. The fraction of sp³-hybridized carbons (Fsp3) is 0.429. The molecule has 1 aliphatic heterocycles. The molecule has 2 aromatic carbocycles. The van der Waals surface area contributed by atoms with Crippen molar-refractivity contribution in [3.05, 3.63) is 63.7 Å². The second-order valence-electron chi connectivity index (χ2n) is 6.88. The third-order valence-corrected chi connectivity index (χ3v) is 4.90. The van der Waals surface area contributed by atoms with Gasteiger partial charge in [0.2, 0.25) is 0 Å². The first kappa shape index (κ1) is 17.9. The highest BCUT2D eigenvalue weighted by atomic mass is 16.5. The number of rotatable bonds is 4. The molecule has 2 aromatic rings. The van der Waals surface area contributed by atoms with Gasteiger partial charge < -0.3 is 19.7 Å². The normalized spacial score (nSPS) is 22.4. The van der Waals surface area contributed by atoms with E-state index in [0.29, 0.717) is 0 Å². The molecule has 0 aromatic heterocycles. The molecule has 0 spiro atoms. The molecule has 4 heteroatoms. The Morgan fingerprint density at radius 1 is 1.00 bits per heavy atom. The third-order valence-electron chi connectivity index (χ3n) is 4.90. The van der Waals surface area contributed by atoms with Gasteiger partial charge in [-0.05, 0) is 61.6 Å². The molecular formula is C21H26O4. The molecule has 1 heterocycles. The Kier molecular flexibility index (Phi) is 5.13. The van der Waals surface area contributed by atoms with E-state index in [9.17, 15) is 5.11 Å². The van der Waals surface area contributed by atoms with Gasteiger partial charge in [-0.2, -0.15) is 0 Å². The van der Waals surface area contributed by atoms with Crippen molar-refractivity contribution in [1.82, 2.24) is 0 Å². The highest BCUT2D eigenvalue weighted by Gasteiger charge is 2.40. The van der Waals surface area contributed by atoms with Crippen molar-refractivity contribution in [2.24, 2.45) is 0 Å². The molecule has 0 fully saturated rings. The summed E-state index contributed by atoms with van der Waals surface area (Å²) in [5.74, 6) is 0.744. The van der Waals surface area contributed by atoms with E-state index in [1.54, 1.807) is 0 Å². The average Bonchev–Trinajstić information content (AvgIpc) is 2.56. The minimum absolute atomic E-state index is 0.0847. The SMILES string of the molecule is Cc1cc(C)c2c(c1)O[C@H](c1ccc(C)c(C)c1)[C@@H](O)C2OCCO. The van der Waals surface area contributed by atoms with Gasteiger partial charge in [0.05, 0.1) is 13.2 Å². The first-order valence-electron chi connectivity index (χ1n) is 8.68. The first-order valence-corrected chi connectivity index (χ1v) is 8.68. The predicted octanol–water partition coefficient (Wildman–Crippen LogP) is 3.46. The molecule has 0 radical (unpaired) electrons. The van der Waals surface area contributed by atoms with Crippen molar-refractivity contribution in [1.29, 1.82) is 0 Å². The molecule has 1 unspecified atom stereocenters. The zero-order valence-electron chi connectivity index (χ0n) is 15.2. The van der Waals surface area contributed by atoms with Gasteiger partial charge in [0.25, 0.3) is 0 Å². The number of aryl methyl sites for hydroxylation is 4. The Hall–Kier alpha value is -1.88. The lowest BCUT2D eigenvalue weighted by Crippen LogP contribution is -2.36. The van der Waals surface area contributed by atoms with Gasteiger partial charge in [0.1, 0.15) is 18.0 Å². The first-order chi connectivity index (χ1) is 11.9. The second-order valence-corrected chi connectivity index (χ2v) is 6.88. The molecule has 4 nitrogen and oxygen atoms in total. The summed E-state index contributed by atoms with van der Waals surface area (Å²) < 4.78 is 12.0. The Morgan fingerprint density at radius 3 is 2.44 bits per heavy atom.